The minimum Gasteiger partial charge on any atom is -0.317 e. The Morgan fingerprint density at radius 1 is 0.359 bits per heavy atom. The van der Waals surface area contributed by atoms with Crippen molar-refractivity contribution < 1.29 is 0 Å². The SMILES string of the molecule is c1ccc2c(c1)cc(CNCCCNCCCNCc1cc3ccccc3c3ccccc13)c1ccccc12. The van der Waals surface area contributed by atoms with Gasteiger partial charge in [0.05, 0.1) is 0 Å². The van der Waals surface area contributed by atoms with Crippen LogP contribution in [0.15, 0.2) is 109 Å². The zero-order valence-electron chi connectivity index (χ0n) is 22.5. The normalized spacial score (nSPS) is 11.7. The molecule has 0 unspecified atom stereocenters. The Morgan fingerprint density at radius 3 is 1.18 bits per heavy atom. The van der Waals surface area contributed by atoms with E-state index in [1.165, 1.54) is 54.2 Å². The third-order valence-electron chi connectivity index (χ3n) is 7.75. The van der Waals surface area contributed by atoms with Crippen molar-refractivity contribution in [3.05, 3.63) is 120 Å². The zero-order chi connectivity index (χ0) is 26.3. The first kappa shape index (κ1) is 25.5. The molecule has 0 atom stereocenters. The average molecular weight is 512 g/mol. The van der Waals surface area contributed by atoms with E-state index in [2.05, 4.69) is 125 Å². The van der Waals surface area contributed by atoms with Crippen molar-refractivity contribution >= 4 is 43.1 Å². The third-order valence-corrected chi connectivity index (χ3v) is 7.75. The van der Waals surface area contributed by atoms with Gasteiger partial charge in [0.1, 0.15) is 0 Å². The quantitative estimate of drug-likeness (QED) is 0.117. The summed E-state index contributed by atoms with van der Waals surface area (Å²) in [6, 6.07) is 39.6. The van der Waals surface area contributed by atoms with Gasteiger partial charge >= 0.3 is 0 Å². The lowest BCUT2D eigenvalue weighted by Crippen LogP contribution is -2.25. The van der Waals surface area contributed by atoms with Gasteiger partial charge in [0.15, 0.2) is 0 Å². The van der Waals surface area contributed by atoms with Crippen LogP contribution in [0.2, 0.25) is 0 Å². The van der Waals surface area contributed by atoms with Crippen molar-refractivity contribution in [3.63, 3.8) is 0 Å². The van der Waals surface area contributed by atoms with E-state index in [0.29, 0.717) is 0 Å². The van der Waals surface area contributed by atoms with E-state index in [4.69, 9.17) is 0 Å². The Morgan fingerprint density at radius 2 is 0.718 bits per heavy atom. The van der Waals surface area contributed by atoms with Crippen molar-refractivity contribution in [2.24, 2.45) is 0 Å². The minimum atomic E-state index is 0.902. The lowest BCUT2D eigenvalue weighted by atomic mass is 9.97. The second-order valence-corrected chi connectivity index (χ2v) is 10.4. The predicted molar refractivity (Wildman–Crippen MR) is 168 cm³/mol. The van der Waals surface area contributed by atoms with Gasteiger partial charge in [-0.2, -0.15) is 0 Å². The fourth-order valence-electron chi connectivity index (χ4n) is 5.80. The Balaban J connectivity index is 0.910. The smallest absolute Gasteiger partial charge is 0.0211 e. The van der Waals surface area contributed by atoms with Gasteiger partial charge in [-0.1, -0.05) is 97.1 Å². The number of fused-ring (bicyclic) bond motifs is 6. The summed E-state index contributed by atoms with van der Waals surface area (Å²) in [6.45, 7) is 5.92. The van der Waals surface area contributed by atoms with Crippen LogP contribution in [0.5, 0.6) is 0 Å². The third kappa shape index (κ3) is 5.81. The molecule has 0 spiro atoms. The molecule has 6 rings (SSSR count). The van der Waals surface area contributed by atoms with Crippen LogP contribution in [0.4, 0.5) is 0 Å². The lowest BCUT2D eigenvalue weighted by Gasteiger charge is -2.12. The molecular formula is C36H37N3. The second kappa shape index (κ2) is 12.4. The van der Waals surface area contributed by atoms with Crippen LogP contribution in [0.1, 0.15) is 24.0 Å². The van der Waals surface area contributed by atoms with Crippen LogP contribution in [0.25, 0.3) is 43.1 Å². The predicted octanol–water partition coefficient (Wildman–Crippen LogP) is 7.55. The summed E-state index contributed by atoms with van der Waals surface area (Å²) in [6.07, 6.45) is 2.25. The van der Waals surface area contributed by atoms with E-state index in [9.17, 15) is 0 Å². The monoisotopic (exact) mass is 511 g/mol. The maximum Gasteiger partial charge on any atom is 0.0211 e. The van der Waals surface area contributed by atoms with Gasteiger partial charge in [0.25, 0.3) is 0 Å². The minimum absolute atomic E-state index is 0.902. The Labute approximate surface area is 231 Å². The molecule has 6 aromatic carbocycles. The van der Waals surface area contributed by atoms with Gasteiger partial charge in [-0.05, 0) is 105 Å². The molecule has 0 aromatic heterocycles. The molecule has 39 heavy (non-hydrogen) atoms. The summed E-state index contributed by atoms with van der Waals surface area (Å²) in [5.41, 5.74) is 2.75. The summed E-state index contributed by atoms with van der Waals surface area (Å²) >= 11 is 0. The van der Waals surface area contributed by atoms with Crippen LogP contribution in [-0.4, -0.2) is 26.2 Å². The van der Waals surface area contributed by atoms with E-state index >= 15 is 0 Å². The molecule has 0 fully saturated rings. The van der Waals surface area contributed by atoms with Crippen LogP contribution in [0.3, 0.4) is 0 Å². The van der Waals surface area contributed by atoms with Gasteiger partial charge in [-0.3, -0.25) is 0 Å². The number of benzene rings is 6. The fourth-order valence-corrected chi connectivity index (χ4v) is 5.80. The largest absolute Gasteiger partial charge is 0.317 e. The van der Waals surface area contributed by atoms with Gasteiger partial charge < -0.3 is 16.0 Å². The molecule has 0 aliphatic rings. The molecule has 3 nitrogen and oxygen atoms in total. The molecule has 0 heterocycles. The molecule has 0 saturated heterocycles. The first-order valence-corrected chi connectivity index (χ1v) is 14.3. The molecule has 0 saturated carbocycles. The number of hydrogen-bond acceptors (Lipinski definition) is 3. The zero-order valence-corrected chi connectivity index (χ0v) is 22.5. The lowest BCUT2D eigenvalue weighted by molar-refractivity contribution is 0.566. The molecule has 6 aromatic rings. The van der Waals surface area contributed by atoms with Crippen molar-refractivity contribution in [3.8, 4) is 0 Å². The topological polar surface area (TPSA) is 36.1 Å². The highest BCUT2D eigenvalue weighted by molar-refractivity contribution is 6.09. The van der Waals surface area contributed by atoms with Gasteiger partial charge in [0.2, 0.25) is 0 Å². The molecule has 0 amide bonds. The van der Waals surface area contributed by atoms with E-state index in [0.717, 1.165) is 52.1 Å². The Kier molecular flexibility index (Phi) is 8.11. The van der Waals surface area contributed by atoms with Gasteiger partial charge in [-0.15, -0.1) is 0 Å². The standard InChI is InChI=1S/C36H37N3/c1-3-13-31-27(11-1)23-29(33-15-5-7-17-35(31)33)25-38-21-9-19-37-20-10-22-39-26-30-24-28-12-2-4-14-32(28)36-18-8-6-16-34(30)36/h1-8,11-18,23-24,37-39H,9-10,19-22,25-26H2. The van der Waals surface area contributed by atoms with Crippen LogP contribution < -0.4 is 16.0 Å². The number of rotatable bonds is 12. The van der Waals surface area contributed by atoms with Crippen molar-refractivity contribution in [1.82, 2.24) is 16.0 Å². The van der Waals surface area contributed by atoms with Crippen LogP contribution in [-0.2, 0) is 13.1 Å². The highest BCUT2D eigenvalue weighted by Crippen LogP contribution is 2.29. The van der Waals surface area contributed by atoms with Crippen molar-refractivity contribution in [2.45, 2.75) is 25.9 Å². The molecule has 3 N–H and O–H groups in total. The first-order chi connectivity index (χ1) is 19.4. The Hall–Kier alpha value is -3.76. The molecule has 0 radical (unpaired) electrons. The van der Waals surface area contributed by atoms with E-state index in [-0.39, 0.29) is 0 Å². The van der Waals surface area contributed by atoms with Crippen molar-refractivity contribution in [1.29, 1.82) is 0 Å². The molecule has 0 aliphatic carbocycles. The molecule has 0 aliphatic heterocycles. The summed E-state index contributed by atoms with van der Waals surface area (Å²) < 4.78 is 0. The van der Waals surface area contributed by atoms with E-state index in [1.807, 2.05) is 0 Å². The molecule has 0 bridgehead atoms. The maximum atomic E-state index is 3.66. The highest BCUT2D eigenvalue weighted by Gasteiger charge is 2.07. The van der Waals surface area contributed by atoms with Gasteiger partial charge in [0, 0.05) is 13.1 Å². The van der Waals surface area contributed by atoms with Gasteiger partial charge in [-0.25, -0.2) is 0 Å². The first-order valence-electron chi connectivity index (χ1n) is 14.3. The molecule has 196 valence electrons. The average Bonchev–Trinajstić information content (AvgIpc) is 3.00. The van der Waals surface area contributed by atoms with Crippen LogP contribution >= 0.6 is 0 Å². The van der Waals surface area contributed by atoms with Crippen LogP contribution in [0, 0.1) is 0 Å². The maximum absolute atomic E-state index is 3.66. The Bertz CT molecular complexity index is 1580. The van der Waals surface area contributed by atoms with E-state index < -0.39 is 0 Å². The molecule has 3 heteroatoms. The summed E-state index contributed by atoms with van der Waals surface area (Å²) in [7, 11) is 0. The summed E-state index contributed by atoms with van der Waals surface area (Å²) in [4.78, 5) is 0. The fraction of sp³-hybridized carbons (Fsp3) is 0.222. The highest BCUT2D eigenvalue weighted by atomic mass is 14.9. The van der Waals surface area contributed by atoms with Crippen molar-refractivity contribution in [2.75, 3.05) is 26.2 Å². The molecular weight excluding hydrogens is 474 g/mol. The van der Waals surface area contributed by atoms with E-state index in [1.54, 1.807) is 0 Å². The number of nitrogens with one attached hydrogen (secondary N) is 3. The summed E-state index contributed by atoms with van der Waals surface area (Å²) in [5.74, 6) is 0. The second-order valence-electron chi connectivity index (χ2n) is 10.4. The number of hydrogen-bond donors (Lipinski definition) is 3. The summed E-state index contributed by atoms with van der Waals surface area (Å²) in [5, 5.41) is 21.6.